The van der Waals surface area contributed by atoms with Gasteiger partial charge in [-0.15, -0.1) is 0 Å². The van der Waals surface area contributed by atoms with Crippen molar-refractivity contribution in [3.63, 3.8) is 0 Å². The van der Waals surface area contributed by atoms with Gasteiger partial charge in [-0.25, -0.2) is 4.98 Å². The Kier molecular flexibility index (Phi) is 4.79. The van der Waals surface area contributed by atoms with Gasteiger partial charge in [-0.3, -0.25) is 0 Å². The van der Waals surface area contributed by atoms with Crippen LogP contribution in [0, 0.1) is 13.8 Å². The van der Waals surface area contributed by atoms with Gasteiger partial charge in [-0.1, -0.05) is 29.3 Å². The lowest BCUT2D eigenvalue weighted by Crippen LogP contribution is -2.06. The predicted octanol–water partition coefficient (Wildman–Crippen LogP) is 3.38. The molecular formula is C15H17ClN2O2. The number of halogens is 1. The SMILES string of the molecule is COc1cc(Cl)nc(CCOc2ccc(C)cc2C)n1. The Morgan fingerprint density at radius 2 is 1.95 bits per heavy atom. The van der Waals surface area contributed by atoms with Crippen molar-refractivity contribution < 1.29 is 9.47 Å². The number of methoxy groups -OCH3 is 1. The van der Waals surface area contributed by atoms with E-state index in [1.165, 1.54) is 5.56 Å². The molecule has 106 valence electrons. The molecule has 0 saturated carbocycles. The van der Waals surface area contributed by atoms with Crippen LogP contribution in [0.3, 0.4) is 0 Å². The minimum absolute atomic E-state index is 0.373. The van der Waals surface area contributed by atoms with E-state index in [0.717, 1.165) is 11.3 Å². The number of benzene rings is 1. The summed E-state index contributed by atoms with van der Waals surface area (Å²) in [6.45, 7) is 4.58. The Morgan fingerprint density at radius 3 is 2.65 bits per heavy atom. The third kappa shape index (κ3) is 3.84. The summed E-state index contributed by atoms with van der Waals surface area (Å²) in [4.78, 5) is 8.37. The van der Waals surface area contributed by atoms with Gasteiger partial charge in [0.05, 0.1) is 13.7 Å². The minimum Gasteiger partial charge on any atom is -0.493 e. The molecule has 0 aliphatic carbocycles. The van der Waals surface area contributed by atoms with E-state index in [-0.39, 0.29) is 0 Å². The minimum atomic E-state index is 0.373. The highest BCUT2D eigenvalue weighted by atomic mass is 35.5. The maximum atomic E-state index is 5.90. The molecule has 0 radical (unpaired) electrons. The first kappa shape index (κ1) is 14.6. The van der Waals surface area contributed by atoms with Crippen LogP contribution in [0.5, 0.6) is 11.6 Å². The summed E-state index contributed by atoms with van der Waals surface area (Å²) in [6, 6.07) is 7.68. The molecule has 0 spiro atoms. The lowest BCUT2D eigenvalue weighted by atomic mass is 10.1. The molecule has 0 amide bonds. The molecule has 0 bridgehead atoms. The van der Waals surface area contributed by atoms with Gasteiger partial charge in [0.15, 0.2) is 0 Å². The summed E-state index contributed by atoms with van der Waals surface area (Å²) in [5, 5.41) is 0.373. The average molecular weight is 293 g/mol. The Hall–Kier alpha value is -1.81. The van der Waals surface area contributed by atoms with E-state index in [1.54, 1.807) is 13.2 Å². The van der Waals surface area contributed by atoms with Crippen molar-refractivity contribution in [2.24, 2.45) is 0 Å². The van der Waals surface area contributed by atoms with Crippen molar-refractivity contribution in [2.75, 3.05) is 13.7 Å². The number of aromatic nitrogens is 2. The predicted molar refractivity (Wildman–Crippen MR) is 78.7 cm³/mol. The lowest BCUT2D eigenvalue weighted by Gasteiger charge is -2.09. The highest BCUT2D eigenvalue weighted by Gasteiger charge is 2.05. The van der Waals surface area contributed by atoms with Crippen molar-refractivity contribution >= 4 is 11.6 Å². The Morgan fingerprint density at radius 1 is 1.15 bits per heavy atom. The van der Waals surface area contributed by atoms with E-state index < -0.39 is 0 Å². The molecule has 0 N–H and O–H groups in total. The quantitative estimate of drug-likeness (QED) is 0.793. The van der Waals surface area contributed by atoms with Crippen LogP contribution in [-0.4, -0.2) is 23.7 Å². The van der Waals surface area contributed by atoms with Gasteiger partial charge in [-0.05, 0) is 25.5 Å². The molecule has 2 rings (SSSR count). The molecule has 0 aliphatic heterocycles. The van der Waals surface area contributed by atoms with Crippen molar-refractivity contribution in [1.29, 1.82) is 0 Å². The van der Waals surface area contributed by atoms with Crippen LogP contribution < -0.4 is 9.47 Å². The largest absolute Gasteiger partial charge is 0.493 e. The van der Waals surface area contributed by atoms with Crippen molar-refractivity contribution in [2.45, 2.75) is 20.3 Å². The second kappa shape index (κ2) is 6.57. The fourth-order valence-corrected chi connectivity index (χ4v) is 2.06. The number of ether oxygens (including phenoxy) is 2. The Bertz CT molecular complexity index is 602. The van der Waals surface area contributed by atoms with Crippen LogP contribution in [0.1, 0.15) is 17.0 Å². The Labute approximate surface area is 123 Å². The van der Waals surface area contributed by atoms with Gasteiger partial charge in [0, 0.05) is 12.5 Å². The van der Waals surface area contributed by atoms with Crippen molar-refractivity contribution in [3.8, 4) is 11.6 Å². The van der Waals surface area contributed by atoms with E-state index in [4.69, 9.17) is 21.1 Å². The molecule has 5 heteroatoms. The standard InChI is InChI=1S/C15H17ClN2O2/c1-10-4-5-12(11(2)8-10)20-7-6-14-17-13(16)9-15(18-14)19-3/h4-5,8-9H,6-7H2,1-3H3. The van der Waals surface area contributed by atoms with Crippen LogP contribution in [0.15, 0.2) is 24.3 Å². The molecule has 1 heterocycles. The zero-order chi connectivity index (χ0) is 14.5. The number of nitrogens with zero attached hydrogens (tertiary/aromatic N) is 2. The van der Waals surface area contributed by atoms with Gasteiger partial charge in [0.1, 0.15) is 16.7 Å². The summed E-state index contributed by atoms with van der Waals surface area (Å²) in [6.07, 6.45) is 0.574. The molecule has 2 aromatic rings. The molecule has 4 nitrogen and oxygen atoms in total. The molecule has 0 fully saturated rings. The third-order valence-corrected chi connectivity index (χ3v) is 3.03. The van der Waals surface area contributed by atoms with Crippen LogP contribution >= 0.6 is 11.6 Å². The third-order valence-electron chi connectivity index (χ3n) is 2.84. The summed E-state index contributed by atoms with van der Waals surface area (Å²) < 4.78 is 10.8. The van der Waals surface area contributed by atoms with E-state index in [0.29, 0.717) is 29.9 Å². The topological polar surface area (TPSA) is 44.2 Å². The second-order valence-electron chi connectivity index (χ2n) is 4.52. The first-order valence-corrected chi connectivity index (χ1v) is 6.74. The highest BCUT2D eigenvalue weighted by Crippen LogP contribution is 2.19. The fourth-order valence-electron chi connectivity index (χ4n) is 1.87. The molecule has 1 aromatic carbocycles. The van der Waals surface area contributed by atoms with Gasteiger partial charge in [-0.2, -0.15) is 4.98 Å². The molecule has 0 atom stereocenters. The van der Waals surface area contributed by atoms with Crippen molar-refractivity contribution in [1.82, 2.24) is 9.97 Å². The molecule has 0 unspecified atom stereocenters. The Balaban J connectivity index is 1.97. The zero-order valence-corrected chi connectivity index (χ0v) is 12.6. The van der Waals surface area contributed by atoms with Gasteiger partial charge < -0.3 is 9.47 Å². The first-order chi connectivity index (χ1) is 9.58. The zero-order valence-electron chi connectivity index (χ0n) is 11.8. The second-order valence-corrected chi connectivity index (χ2v) is 4.90. The van der Waals surface area contributed by atoms with E-state index >= 15 is 0 Å². The molecule has 0 aliphatic rings. The fraction of sp³-hybridized carbons (Fsp3) is 0.333. The molecule has 1 aromatic heterocycles. The van der Waals surface area contributed by atoms with E-state index in [2.05, 4.69) is 23.0 Å². The van der Waals surface area contributed by atoms with Gasteiger partial charge in [0.25, 0.3) is 0 Å². The average Bonchev–Trinajstić information content (AvgIpc) is 2.40. The summed E-state index contributed by atoms with van der Waals surface area (Å²) in [7, 11) is 1.55. The normalized spacial score (nSPS) is 10.4. The highest BCUT2D eigenvalue weighted by molar-refractivity contribution is 6.29. The summed E-state index contributed by atoms with van der Waals surface area (Å²) >= 11 is 5.90. The first-order valence-electron chi connectivity index (χ1n) is 6.36. The number of aryl methyl sites for hydroxylation is 2. The number of hydrogen-bond donors (Lipinski definition) is 0. The smallest absolute Gasteiger partial charge is 0.217 e. The molecular weight excluding hydrogens is 276 g/mol. The van der Waals surface area contributed by atoms with Crippen LogP contribution in [0.2, 0.25) is 5.15 Å². The van der Waals surface area contributed by atoms with E-state index in [9.17, 15) is 0 Å². The monoisotopic (exact) mass is 292 g/mol. The van der Waals surface area contributed by atoms with Crippen molar-refractivity contribution in [3.05, 3.63) is 46.4 Å². The summed E-state index contributed by atoms with van der Waals surface area (Å²) in [5.41, 5.74) is 2.34. The lowest BCUT2D eigenvalue weighted by molar-refractivity contribution is 0.315. The van der Waals surface area contributed by atoms with Crippen LogP contribution in [0.4, 0.5) is 0 Å². The van der Waals surface area contributed by atoms with Gasteiger partial charge >= 0.3 is 0 Å². The van der Waals surface area contributed by atoms with Crippen LogP contribution in [-0.2, 0) is 6.42 Å². The maximum Gasteiger partial charge on any atom is 0.217 e. The van der Waals surface area contributed by atoms with Crippen LogP contribution in [0.25, 0.3) is 0 Å². The molecule has 20 heavy (non-hydrogen) atoms. The number of rotatable bonds is 5. The molecule has 0 saturated heterocycles. The van der Waals surface area contributed by atoms with Gasteiger partial charge in [0.2, 0.25) is 5.88 Å². The number of hydrogen-bond acceptors (Lipinski definition) is 4. The maximum absolute atomic E-state index is 5.90. The summed E-state index contributed by atoms with van der Waals surface area (Å²) in [5.74, 6) is 1.95. The van der Waals surface area contributed by atoms with E-state index in [1.807, 2.05) is 19.1 Å².